The average Bonchev–Trinajstić information content (AvgIpc) is 2.44. The van der Waals surface area contributed by atoms with Crippen molar-refractivity contribution < 1.29 is 9.53 Å². The quantitative estimate of drug-likeness (QED) is 0.254. The van der Waals surface area contributed by atoms with Crippen LogP contribution in [0.3, 0.4) is 0 Å². The summed E-state index contributed by atoms with van der Waals surface area (Å²) in [6.45, 7) is 9.61. The van der Waals surface area contributed by atoms with Crippen molar-refractivity contribution in [3.8, 4) is 0 Å². The molecule has 0 aliphatic carbocycles. The molecular weight excluding hydrogens is 272 g/mol. The molecule has 0 radical (unpaired) electrons. The van der Waals surface area contributed by atoms with E-state index in [0.717, 1.165) is 25.2 Å². The molecule has 0 fully saturated rings. The topological polar surface area (TPSA) is 26.3 Å². The molecule has 132 valence electrons. The van der Waals surface area contributed by atoms with E-state index in [0.29, 0.717) is 18.9 Å². The summed E-state index contributed by atoms with van der Waals surface area (Å²) in [6.07, 6.45) is 14.4. The zero-order valence-corrected chi connectivity index (χ0v) is 15.7. The molecule has 2 nitrogen and oxygen atoms in total. The Kier molecular flexibility index (Phi) is 15.0. The summed E-state index contributed by atoms with van der Waals surface area (Å²) < 4.78 is 5.27. The van der Waals surface area contributed by atoms with Gasteiger partial charge in [0.05, 0.1) is 6.61 Å². The van der Waals surface area contributed by atoms with Crippen LogP contribution in [-0.2, 0) is 9.53 Å². The summed E-state index contributed by atoms with van der Waals surface area (Å²) in [6, 6.07) is 0. The zero-order valence-electron chi connectivity index (χ0n) is 15.7. The van der Waals surface area contributed by atoms with Crippen molar-refractivity contribution in [2.45, 2.75) is 105 Å². The van der Waals surface area contributed by atoms with Crippen LogP contribution in [0.25, 0.3) is 0 Å². The maximum absolute atomic E-state index is 11.5. The Bertz CT molecular complexity index is 246. The number of carbonyl (C=O) groups is 1. The minimum atomic E-state index is -0.00852. The molecule has 0 aromatic carbocycles. The zero-order chi connectivity index (χ0) is 16.6. The van der Waals surface area contributed by atoms with Crippen LogP contribution in [0.1, 0.15) is 105 Å². The van der Waals surface area contributed by atoms with E-state index in [1.807, 2.05) is 0 Å². The van der Waals surface area contributed by atoms with Gasteiger partial charge in [0.1, 0.15) is 0 Å². The summed E-state index contributed by atoms with van der Waals surface area (Å²) in [4.78, 5) is 11.5. The SMILES string of the molecule is CC(C)CCCCCCCCCCOC(=O)CCCC(C)C. The number of hydrogen-bond acceptors (Lipinski definition) is 2. The summed E-state index contributed by atoms with van der Waals surface area (Å²) in [7, 11) is 0. The Balaban J connectivity index is 3.15. The molecule has 0 aromatic heterocycles. The summed E-state index contributed by atoms with van der Waals surface area (Å²) in [5.41, 5.74) is 0. The lowest BCUT2D eigenvalue weighted by Crippen LogP contribution is -2.06. The molecule has 0 amide bonds. The smallest absolute Gasteiger partial charge is 0.305 e. The number of unbranched alkanes of at least 4 members (excludes halogenated alkanes) is 7. The maximum Gasteiger partial charge on any atom is 0.305 e. The average molecular weight is 313 g/mol. The van der Waals surface area contributed by atoms with Gasteiger partial charge < -0.3 is 4.74 Å². The molecule has 0 bridgehead atoms. The van der Waals surface area contributed by atoms with Crippen LogP contribution in [0.2, 0.25) is 0 Å². The fourth-order valence-corrected chi connectivity index (χ4v) is 2.63. The largest absolute Gasteiger partial charge is 0.466 e. The van der Waals surface area contributed by atoms with Gasteiger partial charge in [-0.3, -0.25) is 4.79 Å². The number of ether oxygens (including phenoxy) is 1. The minimum absolute atomic E-state index is 0.00852. The van der Waals surface area contributed by atoms with E-state index in [-0.39, 0.29) is 5.97 Å². The Hall–Kier alpha value is -0.530. The van der Waals surface area contributed by atoms with Crippen LogP contribution in [-0.4, -0.2) is 12.6 Å². The molecule has 22 heavy (non-hydrogen) atoms. The Labute approximate surface area is 139 Å². The molecule has 0 atom stereocenters. The highest BCUT2D eigenvalue weighted by molar-refractivity contribution is 5.69. The van der Waals surface area contributed by atoms with E-state index < -0.39 is 0 Å². The molecule has 0 aromatic rings. The normalized spacial score (nSPS) is 11.4. The van der Waals surface area contributed by atoms with Crippen LogP contribution in [0.15, 0.2) is 0 Å². The van der Waals surface area contributed by atoms with Crippen LogP contribution in [0.4, 0.5) is 0 Å². The van der Waals surface area contributed by atoms with Crippen LogP contribution in [0.5, 0.6) is 0 Å². The lowest BCUT2D eigenvalue weighted by molar-refractivity contribution is -0.143. The van der Waals surface area contributed by atoms with E-state index in [2.05, 4.69) is 27.7 Å². The van der Waals surface area contributed by atoms with Gasteiger partial charge in [0.25, 0.3) is 0 Å². The molecule has 0 heterocycles. The van der Waals surface area contributed by atoms with Crippen molar-refractivity contribution in [3.05, 3.63) is 0 Å². The molecule has 0 saturated heterocycles. The highest BCUT2D eigenvalue weighted by Gasteiger charge is 2.03. The lowest BCUT2D eigenvalue weighted by Gasteiger charge is -2.06. The third-order valence-corrected chi connectivity index (χ3v) is 4.10. The van der Waals surface area contributed by atoms with Gasteiger partial charge in [0.2, 0.25) is 0 Å². The standard InChI is InChI=1S/C20H40O2/c1-18(2)14-11-9-7-5-6-8-10-12-17-22-20(21)16-13-15-19(3)4/h18-19H,5-17H2,1-4H3. The van der Waals surface area contributed by atoms with Gasteiger partial charge in [-0.25, -0.2) is 0 Å². The van der Waals surface area contributed by atoms with E-state index >= 15 is 0 Å². The monoisotopic (exact) mass is 312 g/mol. The molecule has 0 saturated carbocycles. The number of carbonyl (C=O) groups excluding carboxylic acids is 1. The Morgan fingerprint density at radius 2 is 1.14 bits per heavy atom. The maximum atomic E-state index is 11.5. The third kappa shape index (κ3) is 17.5. The second kappa shape index (κ2) is 15.4. The Morgan fingerprint density at radius 1 is 0.682 bits per heavy atom. The molecule has 0 aliphatic rings. The Morgan fingerprint density at radius 3 is 1.68 bits per heavy atom. The lowest BCUT2D eigenvalue weighted by atomic mass is 10.0. The molecule has 0 N–H and O–H groups in total. The first-order chi connectivity index (χ1) is 10.5. The van der Waals surface area contributed by atoms with Crippen molar-refractivity contribution in [3.63, 3.8) is 0 Å². The van der Waals surface area contributed by atoms with Gasteiger partial charge in [-0.1, -0.05) is 85.5 Å². The van der Waals surface area contributed by atoms with Gasteiger partial charge in [0.15, 0.2) is 0 Å². The van der Waals surface area contributed by atoms with E-state index in [1.165, 1.54) is 51.4 Å². The second-order valence-corrected chi connectivity index (χ2v) is 7.52. The van der Waals surface area contributed by atoms with Crippen molar-refractivity contribution in [1.29, 1.82) is 0 Å². The van der Waals surface area contributed by atoms with Gasteiger partial charge in [-0.2, -0.15) is 0 Å². The van der Waals surface area contributed by atoms with Gasteiger partial charge >= 0.3 is 5.97 Å². The molecule has 0 spiro atoms. The first kappa shape index (κ1) is 21.5. The van der Waals surface area contributed by atoms with E-state index in [9.17, 15) is 4.79 Å². The first-order valence-electron chi connectivity index (χ1n) is 9.68. The van der Waals surface area contributed by atoms with Crippen LogP contribution < -0.4 is 0 Å². The number of rotatable bonds is 15. The highest BCUT2D eigenvalue weighted by atomic mass is 16.5. The van der Waals surface area contributed by atoms with Crippen molar-refractivity contribution >= 4 is 5.97 Å². The molecule has 0 unspecified atom stereocenters. The van der Waals surface area contributed by atoms with Crippen molar-refractivity contribution in [2.24, 2.45) is 11.8 Å². The van der Waals surface area contributed by atoms with Gasteiger partial charge in [-0.05, 0) is 24.7 Å². The summed E-state index contributed by atoms with van der Waals surface area (Å²) in [5.74, 6) is 1.53. The fourth-order valence-electron chi connectivity index (χ4n) is 2.63. The minimum Gasteiger partial charge on any atom is -0.466 e. The van der Waals surface area contributed by atoms with E-state index in [1.54, 1.807) is 0 Å². The van der Waals surface area contributed by atoms with Crippen molar-refractivity contribution in [2.75, 3.05) is 6.61 Å². The van der Waals surface area contributed by atoms with Crippen molar-refractivity contribution in [1.82, 2.24) is 0 Å². The van der Waals surface area contributed by atoms with Crippen LogP contribution >= 0.6 is 0 Å². The predicted molar refractivity (Wildman–Crippen MR) is 96.0 cm³/mol. The third-order valence-electron chi connectivity index (χ3n) is 4.10. The van der Waals surface area contributed by atoms with Gasteiger partial charge in [-0.15, -0.1) is 0 Å². The predicted octanol–water partition coefficient (Wildman–Crippen LogP) is 6.52. The van der Waals surface area contributed by atoms with Crippen LogP contribution in [0, 0.1) is 11.8 Å². The molecule has 0 aliphatic heterocycles. The molecular formula is C20H40O2. The summed E-state index contributed by atoms with van der Waals surface area (Å²) >= 11 is 0. The first-order valence-corrected chi connectivity index (χ1v) is 9.68. The fraction of sp³-hybridized carbons (Fsp3) is 0.950. The molecule has 2 heteroatoms. The number of esters is 1. The molecule has 0 rings (SSSR count). The van der Waals surface area contributed by atoms with Gasteiger partial charge in [0, 0.05) is 6.42 Å². The number of hydrogen-bond donors (Lipinski definition) is 0. The second-order valence-electron chi connectivity index (χ2n) is 7.52. The summed E-state index contributed by atoms with van der Waals surface area (Å²) in [5, 5.41) is 0. The van der Waals surface area contributed by atoms with E-state index in [4.69, 9.17) is 4.74 Å². The highest BCUT2D eigenvalue weighted by Crippen LogP contribution is 2.12.